The van der Waals surface area contributed by atoms with Crippen LogP contribution in [0, 0.1) is 18.3 Å². The molecule has 0 aliphatic heterocycles. The van der Waals surface area contributed by atoms with Crippen molar-refractivity contribution in [2.75, 3.05) is 11.9 Å². The molecule has 2 rings (SSSR count). The zero-order valence-electron chi connectivity index (χ0n) is 11.6. The third-order valence-electron chi connectivity index (χ3n) is 2.98. The first-order valence-electron chi connectivity index (χ1n) is 6.53. The summed E-state index contributed by atoms with van der Waals surface area (Å²) in [6.07, 6.45) is 0.679. The predicted octanol–water partition coefficient (Wildman–Crippen LogP) is 2.61. The molecule has 0 atom stereocenters. The zero-order valence-corrected chi connectivity index (χ0v) is 11.6. The van der Waals surface area contributed by atoms with Gasteiger partial charge in [0, 0.05) is 12.2 Å². The average Bonchev–Trinajstić information content (AvgIpc) is 2.47. The van der Waals surface area contributed by atoms with Crippen molar-refractivity contribution in [3.63, 3.8) is 0 Å². The number of benzene rings is 1. The Morgan fingerprint density at radius 2 is 2.19 bits per heavy atom. The first-order chi connectivity index (χ1) is 10.1. The number of rotatable bonds is 5. The lowest BCUT2D eigenvalue weighted by molar-refractivity contribution is 0.0696. The Morgan fingerprint density at radius 3 is 2.90 bits per heavy atom. The van der Waals surface area contributed by atoms with Crippen LogP contribution in [0.1, 0.15) is 27.2 Å². The smallest absolute Gasteiger partial charge is 0.335 e. The molecule has 5 heteroatoms. The van der Waals surface area contributed by atoms with Crippen molar-refractivity contribution in [3.8, 4) is 6.07 Å². The fourth-order valence-electron chi connectivity index (χ4n) is 2.02. The van der Waals surface area contributed by atoms with E-state index in [1.54, 1.807) is 30.3 Å². The van der Waals surface area contributed by atoms with Crippen LogP contribution in [0.2, 0.25) is 0 Å². The molecule has 0 unspecified atom stereocenters. The molecule has 1 heterocycles. The van der Waals surface area contributed by atoms with Gasteiger partial charge in [-0.05, 0) is 43.2 Å². The van der Waals surface area contributed by atoms with E-state index in [1.807, 2.05) is 13.0 Å². The maximum atomic E-state index is 10.9. The highest BCUT2D eigenvalue weighted by atomic mass is 16.4. The highest BCUT2D eigenvalue weighted by Gasteiger charge is 2.03. The third-order valence-corrected chi connectivity index (χ3v) is 2.98. The second-order valence-electron chi connectivity index (χ2n) is 4.68. The summed E-state index contributed by atoms with van der Waals surface area (Å²) in [4.78, 5) is 15.2. The Labute approximate surface area is 122 Å². The predicted molar refractivity (Wildman–Crippen MR) is 79.3 cm³/mol. The van der Waals surface area contributed by atoms with Gasteiger partial charge in [-0.25, -0.2) is 9.78 Å². The molecule has 21 heavy (non-hydrogen) atoms. The average molecular weight is 281 g/mol. The van der Waals surface area contributed by atoms with Crippen molar-refractivity contribution in [2.24, 2.45) is 0 Å². The summed E-state index contributed by atoms with van der Waals surface area (Å²) >= 11 is 0. The van der Waals surface area contributed by atoms with Crippen LogP contribution in [0.5, 0.6) is 0 Å². The van der Waals surface area contributed by atoms with Gasteiger partial charge in [0.2, 0.25) is 0 Å². The number of nitriles is 1. The van der Waals surface area contributed by atoms with E-state index in [-0.39, 0.29) is 5.56 Å². The van der Waals surface area contributed by atoms with Gasteiger partial charge in [-0.2, -0.15) is 5.26 Å². The van der Waals surface area contributed by atoms with Gasteiger partial charge in [0.05, 0.1) is 17.2 Å². The molecule has 106 valence electrons. The molecular weight excluding hydrogens is 266 g/mol. The van der Waals surface area contributed by atoms with Crippen molar-refractivity contribution in [3.05, 3.63) is 58.8 Å². The largest absolute Gasteiger partial charge is 0.478 e. The topological polar surface area (TPSA) is 86.0 Å². The van der Waals surface area contributed by atoms with Gasteiger partial charge in [0.25, 0.3) is 0 Å². The summed E-state index contributed by atoms with van der Waals surface area (Å²) in [6, 6.07) is 12.4. The van der Waals surface area contributed by atoms with E-state index in [1.165, 1.54) is 0 Å². The van der Waals surface area contributed by atoms with E-state index >= 15 is 0 Å². The summed E-state index contributed by atoms with van der Waals surface area (Å²) in [5, 5.41) is 21.0. The van der Waals surface area contributed by atoms with Crippen molar-refractivity contribution in [2.45, 2.75) is 13.3 Å². The number of hydrogen-bond acceptors (Lipinski definition) is 4. The van der Waals surface area contributed by atoms with Crippen molar-refractivity contribution in [1.82, 2.24) is 4.98 Å². The molecule has 0 bridgehead atoms. The number of aromatic nitrogens is 1. The molecule has 2 aromatic rings. The molecule has 1 aromatic carbocycles. The number of carbonyl (C=O) groups is 1. The number of carboxylic acid groups (broad SMARTS) is 1. The quantitative estimate of drug-likeness (QED) is 0.879. The van der Waals surface area contributed by atoms with E-state index in [9.17, 15) is 4.79 Å². The summed E-state index contributed by atoms with van der Waals surface area (Å²) in [7, 11) is 0. The number of pyridine rings is 1. The molecule has 2 N–H and O–H groups in total. The highest BCUT2D eigenvalue weighted by Crippen LogP contribution is 2.10. The van der Waals surface area contributed by atoms with Crippen LogP contribution >= 0.6 is 0 Å². The maximum absolute atomic E-state index is 10.9. The third kappa shape index (κ3) is 4.05. The number of nitrogens with one attached hydrogen (secondary N) is 1. The fraction of sp³-hybridized carbons (Fsp3) is 0.188. The van der Waals surface area contributed by atoms with Crippen LogP contribution in [0.3, 0.4) is 0 Å². The minimum absolute atomic E-state index is 0.285. The Morgan fingerprint density at radius 1 is 1.38 bits per heavy atom. The first-order valence-corrected chi connectivity index (χ1v) is 6.53. The van der Waals surface area contributed by atoms with E-state index in [4.69, 9.17) is 10.4 Å². The number of carboxylic acids is 1. The van der Waals surface area contributed by atoms with E-state index < -0.39 is 5.97 Å². The lowest BCUT2D eigenvalue weighted by Crippen LogP contribution is -2.07. The Kier molecular flexibility index (Phi) is 4.52. The van der Waals surface area contributed by atoms with Gasteiger partial charge >= 0.3 is 5.97 Å². The number of nitrogens with zero attached hydrogens (tertiary/aromatic N) is 2. The molecule has 0 aliphatic carbocycles. The Balaban J connectivity index is 1.98. The van der Waals surface area contributed by atoms with Gasteiger partial charge in [-0.1, -0.05) is 12.1 Å². The number of aryl methyl sites for hydroxylation is 1. The van der Waals surface area contributed by atoms with E-state index in [2.05, 4.69) is 16.4 Å². The molecule has 0 saturated heterocycles. The molecular formula is C16H15N3O2. The minimum atomic E-state index is -0.927. The van der Waals surface area contributed by atoms with Gasteiger partial charge in [0.15, 0.2) is 0 Å². The van der Waals surface area contributed by atoms with E-state index in [0.717, 1.165) is 11.3 Å². The van der Waals surface area contributed by atoms with Gasteiger partial charge in [-0.3, -0.25) is 0 Å². The first kappa shape index (κ1) is 14.5. The van der Waals surface area contributed by atoms with Crippen molar-refractivity contribution in [1.29, 1.82) is 5.26 Å². The zero-order chi connectivity index (χ0) is 15.2. The summed E-state index contributed by atoms with van der Waals surface area (Å²) in [5.74, 6) is -0.273. The van der Waals surface area contributed by atoms with Crippen LogP contribution < -0.4 is 5.32 Å². The van der Waals surface area contributed by atoms with Gasteiger partial charge in [0.1, 0.15) is 5.82 Å². The van der Waals surface area contributed by atoms with Crippen LogP contribution in [0.15, 0.2) is 36.4 Å². The maximum Gasteiger partial charge on any atom is 0.335 e. The molecule has 0 fully saturated rings. The normalized spacial score (nSPS) is 9.90. The summed E-state index contributed by atoms with van der Waals surface area (Å²) < 4.78 is 0. The molecule has 0 radical (unpaired) electrons. The highest BCUT2D eigenvalue weighted by molar-refractivity contribution is 5.87. The molecule has 0 spiro atoms. The Hall–Kier alpha value is -2.87. The van der Waals surface area contributed by atoms with Crippen LogP contribution in [-0.4, -0.2) is 22.6 Å². The van der Waals surface area contributed by atoms with Crippen LogP contribution in [0.4, 0.5) is 5.82 Å². The lowest BCUT2D eigenvalue weighted by Gasteiger charge is -2.07. The molecule has 0 saturated carbocycles. The SMILES string of the molecule is Cc1cc(C#N)cc(NCCc2cccc(C(=O)O)c2)n1. The van der Waals surface area contributed by atoms with Crippen molar-refractivity contribution >= 4 is 11.8 Å². The summed E-state index contributed by atoms with van der Waals surface area (Å²) in [6.45, 7) is 2.45. The van der Waals surface area contributed by atoms with Gasteiger partial charge in [-0.15, -0.1) is 0 Å². The number of anilines is 1. The second-order valence-corrected chi connectivity index (χ2v) is 4.68. The summed E-state index contributed by atoms with van der Waals surface area (Å²) in [5.41, 5.74) is 2.57. The van der Waals surface area contributed by atoms with Crippen LogP contribution in [0.25, 0.3) is 0 Å². The monoisotopic (exact) mass is 281 g/mol. The fourth-order valence-corrected chi connectivity index (χ4v) is 2.02. The Bertz CT molecular complexity index is 705. The second kappa shape index (κ2) is 6.53. The molecule has 1 aromatic heterocycles. The lowest BCUT2D eigenvalue weighted by atomic mass is 10.1. The number of aromatic carboxylic acids is 1. The number of hydrogen-bond donors (Lipinski definition) is 2. The molecule has 0 aliphatic rings. The van der Waals surface area contributed by atoms with Crippen molar-refractivity contribution < 1.29 is 9.90 Å². The molecule has 5 nitrogen and oxygen atoms in total. The van der Waals surface area contributed by atoms with Crippen LogP contribution in [-0.2, 0) is 6.42 Å². The molecule has 0 amide bonds. The standard InChI is InChI=1S/C16H15N3O2/c1-11-7-13(10-17)9-15(19-11)18-6-5-12-3-2-4-14(8-12)16(20)21/h2-4,7-9H,5-6H2,1H3,(H,18,19)(H,20,21). The minimum Gasteiger partial charge on any atom is -0.478 e. The van der Waals surface area contributed by atoms with Gasteiger partial charge < -0.3 is 10.4 Å². The van der Waals surface area contributed by atoms with E-state index in [0.29, 0.717) is 24.3 Å².